The highest BCUT2D eigenvalue weighted by atomic mass is 16.5. The van der Waals surface area contributed by atoms with Gasteiger partial charge in [-0.05, 0) is 40.8 Å². The first kappa shape index (κ1) is 26.9. The molecule has 0 fully saturated rings. The molecule has 0 radical (unpaired) electrons. The van der Waals surface area contributed by atoms with Gasteiger partial charge < -0.3 is 20.1 Å². The first-order chi connectivity index (χ1) is 21.2. The van der Waals surface area contributed by atoms with Crippen molar-refractivity contribution in [2.24, 2.45) is 0 Å². The summed E-state index contributed by atoms with van der Waals surface area (Å²) in [5.41, 5.74) is 6.47. The lowest BCUT2D eigenvalue weighted by Gasteiger charge is -2.27. The number of nitrogens with one attached hydrogen (secondary N) is 2. The van der Waals surface area contributed by atoms with Gasteiger partial charge >= 0.3 is 0 Å². The van der Waals surface area contributed by atoms with Gasteiger partial charge in [-0.3, -0.25) is 14.4 Å². The summed E-state index contributed by atoms with van der Waals surface area (Å²) in [5.74, 6) is 0.592. The van der Waals surface area contributed by atoms with E-state index in [0.717, 1.165) is 69.4 Å². The van der Waals surface area contributed by atoms with Gasteiger partial charge in [-0.25, -0.2) is 0 Å². The standard InChI is InChI=1S/C35H33N5O3/c41-18-17-40-33-15-16-39(21-26-20-36-31-14-13-27(19-29(26)31)43-23-24-7-2-1-3-8-24)22-30(33)34(38-40)35(42)37-32-12-6-10-25-9-4-5-11-28(25)32/h1-14,19-20,36,41H,15-18,21-23H2,(H,37,42). The van der Waals surface area contributed by atoms with Crippen molar-refractivity contribution < 1.29 is 14.6 Å². The third-order valence-electron chi connectivity index (χ3n) is 8.16. The highest BCUT2D eigenvalue weighted by molar-refractivity contribution is 6.09. The van der Waals surface area contributed by atoms with Crippen molar-refractivity contribution in [1.29, 1.82) is 0 Å². The Morgan fingerprint density at radius 2 is 1.81 bits per heavy atom. The summed E-state index contributed by atoms with van der Waals surface area (Å²) in [6.07, 6.45) is 2.81. The Morgan fingerprint density at radius 1 is 0.977 bits per heavy atom. The van der Waals surface area contributed by atoms with Crippen LogP contribution in [0.1, 0.15) is 32.9 Å². The van der Waals surface area contributed by atoms with Gasteiger partial charge in [0, 0.05) is 65.5 Å². The minimum Gasteiger partial charge on any atom is -0.489 e. The lowest BCUT2D eigenvalue weighted by atomic mass is 10.0. The van der Waals surface area contributed by atoms with E-state index in [1.54, 1.807) is 4.68 Å². The number of hydrogen-bond donors (Lipinski definition) is 3. The number of aliphatic hydroxyl groups excluding tert-OH is 1. The molecule has 8 nitrogen and oxygen atoms in total. The maximum Gasteiger partial charge on any atom is 0.276 e. The molecule has 0 bridgehead atoms. The van der Waals surface area contributed by atoms with E-state index in [9.17, 15) is 9.90 Å². The molecule has 3 heterocycles. The normalized spacial score (nSPS) is 13.3. The van der Waals surface area contributed by atoms with Crippen molar-refractivity contribution in [3.05, 3.63) is 125 Å². The number of carbonyl (C=O) groups is 1. The van der Waals surface area contributed by atoms with E-state index in [1.807, 2.05) is 66.7 Å². The number of ether oxygens (including phenoxy) is 1. The first-order valence-electron chi connectivity index (χ1n) is 14.6. The molecule has 1 aliphatic heterocycles. The number of aromatic amines is 1. The van der Waals surface area contributed by atoms with Crippen molar-refractivity contribution in [3.63, 3.8) is 0 Å². The summed E-state index contributed by atoms with van der Waals surface area (Å²) in [6.45, 7) is 2.98. The third kappa shape index (κ3) is 5.50. The predicted molar refractivity (Wildman–Crippen MR) is 168 cm³/mol. The van der Waals surface area contributed by atoms with E-state index in [4.69, 9.17) is 9.84 Å². The molecule has 0 saturated carbocycles. The fraction of sp³-hybridized carbons (Fsp3) is 0.200. The summed E-state index contributed by atoms with van der Waals surface area (Å²) in [5, 5.41) is 20.7. The molecule has 8 heteroatoms. The van der Waals surface area contributed by atoms with Crippen LogP contribution in [0.5, 0.6) is 5.75 Å². The Labute approximate surface area is 249 Å². The molecule has 0 atom stereocenters. The van der Waals surface area contributed by atoms with Crippen molar-refractivity contribution in [2.75, 3.05) is 18.5 Å². The Morgan fingerprint density at radius 3 is 2.70 bits per heavy atom. The lowest BCUT2D eigenvalue weighted by molar-refractivity contribution is 0.101. The predicted octanol–water partition coefficient (Wildman–Crippen LogP) is 5.90. The number of H-pyrrole nitrogens is 1. The third-order valence-corrected chi connectivity index (χ3v) is 8.16. The first-order valence-corrected chi connectivity index (χ1v) is 14.6. The van der Waals surface area contributed by atoms with Crippen LogP contribution in [-0.4, -0.2) is 43.8 Å². The second-order valence-corrected chi connectivity index (χ2v) is 11.0. The average Bonchev–Trinajstić information content (AvgIpc) is 3.61. The number of benzene rings is 4. The summed E-state index contributed by atoms with van der Waals surface area (Å²) >= 11 is 0. The maximum atomic E-state index is 13.7. The molecule has 0 aliphatic carbocycles. The number of carbonyl (C=O) groups excluding carboxylic acids is 1. The lowest BCUT2D eigenvalue weighted by Crippen LogP contribution is -2.31. The maximum absolute atomic E-state index is 13.7. The topological polar surface area (TPSA) is 95.4 Å². The molecule has 216 valence electrons. The second kappa shape index (κ2) is 11.8. The van der Waals surface area contributed by atoms with Crippen molar-refractivity contribution in [1.82, 2.24) is 19.7 Å². The summed E-state index contributed by atoms with van der Waals surface area (Å²) < 4.78 is 7.90. The quantitative estimate of drug-likeness (QED) is 0.201. The van der Waals surface area contributed by atoms with E-state index in [1.165, 1.54) is 5.56 Å². The van der Waals surface area contributed by atoms with Crippen LogP contribution in [0.2, 0.25) is 0 Å². The number of nitrogens with zero attached hydrogens (tertiary/aromatic N) is 3. The van der Waals surface area contributed by atoms with Crippen LogP contribution in [-0.2, 0) is 32.7 Å². The van der Waals surface area contributed by atoms with Crippen LogP contribution < -0.4 is 10.1 Å². The Hall–Kier alpha value is -4.92. The summed E-state index contributed by atoms with van der Waals surface area (Å²) in [4.78, 5) is 19.4. The molecule has 4 aromatic carbocycles. The van der Waals surface area contributed by atoms with Gasteiger partial charge in [0.1, 0.15) is 12.4 Å². The van der Waals surface area contributed by atoms with E-state index in [0.29, 0.717) is 25.4 Å². The molecule has 2 aromatic heterocycles. The van der Waals surface area contributed by atoms with Crippen molar-refractivity contribution in [2.45, 2.75) is 32.7 Å². The van der Waals surface area contributed by atoms with Crippen molar-refractivity contribution in [3.8, 4) is 5.75 Å². The Kier molecular flexibility index (Phi) is 7.37. The van der Waals surface area contributed by atoms with Crippen LogP contribution in [0.3, 0.4) is 0 Å². The molecule has 43 heavy (non-hydrogen) atoms. The van der Waals surface area contributed by atoms with E-state index >= 15 is 0 Å². The largest absolute Gasteiger partial charge is 0.489 e. The number of amides is 1. The Bertz CT molecular complexity index is 1900. The van der Waals surface area contributed by atoms with Gasteiger partial charge in [0.15, 0.2) is 5.69 Å². The molecule has 1 aliphatic rings. The highest BCUT2D eigenvalue weighted by Gasteiger charge is 2.28. The highest BCUT2D eigenvalue weighted by Crippen LogP contribution is 2.30. The average molecular weight is 572 g/mol. The molecule has 1 amide bonds. The van der Waals surface area contributed by atoms with Gasteiger partial charge in [0.05, 0.1) is 13.2 Å². The SMILES string of the molecule is O=C(Nc1cccc2ccccc12)c1nn(CCO)c2c1CN(Cc1c[nH]c3ccc(OCc4ccccc4)cc13)CC2. The zero-order valence-electron chi connectivity index (χ0n) is 23.8. The summed E-state index contributed by atoms with van der Waals surface area (Å²) in [6, 6.07) is 30.2. The van der Waals surface area contributed by atoms with Crippen LogP contribution in [0.4, 0.5) is 5.69 Å². The number of hydrogen-bond acceptors (Lipinski definition) is 5. The van der Waals surface area contributed by atoms with Crippen LogP contribution in [0.25, 0.3) is 21.7 Å². The molecular weight excluding hydrogens is 538 g/mol. The van der Waals surface area contributed by atoms with E-state index in [-0.39, 0.29) is 12.5 Å². The van der Waals surface area contributed by atoms with E-state index in [2.05, 4.69) is 45.7 Å². The minimum absolute atomic E-state index is 0.0355. The fourth-order valence-corrected chi connectivity index (χ4v) is 6.02. The van der Waals surface area contributed by atoms with Gasteiger partial charge in [-0.1, -0.05) is 66.7 Å². The molecular formula is C35H33N5O3. The van der Waals surface area contributed by atoms with E-state index < -0.39 is 0 Å². The monoisotopic (exact) mass is 571 g/mol. The van der Waals surface area contributed by atoms with Crippen LogP contribution in [0, 0.1) is 0 Å². The number of anilines is 1. The number of rotatable bonds is 9. The number of aromatic nitrogens is 3. The second-order valence-electron chi connectivity index (χ2n) is 11.0. The van der Waals surface area contributed by atoms with Gasteiger partial charge in [-0.15, -0.1) is 0 Å². The minimum atomic E-state index is -0.238. The van der Waals surface area contributed by atoms with Crippen molar-refractivity contribution >= 4 is 33.3 Å². The van der Waals surface area contributed by atoms with Gasteiger partial charge in [0.2, 0.25) is 0 Å². The molecule has 0 saturated heterocycles. The summed E-state index contributed by atoms with van der Waals surface area (Å²) in [7, 11) is 0. The fourth-order valence-electron chi connectivity index (χ4n) is 6.02. The Balaban J connectivity index is 1.12. The molecule has 7 rings (SSSR count). The smallest absolute Gasteiger partial charge is 0.276 e. The zero-order chi connectivity index (χ0) is 29.2. The van der Waals surface area contributed by atoms with Crippen LogP contribution in [0.15, 0.2) is 97.2 Å². The molecule has 3 N–H and O–H groups in total. The zero-order valence-corrected chi connectivity index (χ0v) is 23.8. The molecule has 0 spiro atoms. The van der Waals surface area contributed by atoms with Gasteiger partial charge in [-0.2, -0.15) is 5.10 Å². The van der Waals surface area contributed by atoms with Crippen LogP contribution >= 0.6 is 0 Å². The number of fused-ring (bicyclic) bond motifs is 3. The molecule has 6 aromatic rings. The number of aliphatic hydroxyl groups is 1. The van der Waals surface area contributed by atoms with Gasteiger partial charge in [0.25, 0.3) is 5.91 Å². The molecule has 0 unspecified atom stereocenters.